The van der Waals surface area contributed by atoms with Crippen molar-refractivity contribution in [2.45, 2.75) is 59.0 Å². The van der Waals surface area contributed by atoms with Crippen LogP contribution in [0, 0.1) is 12.3 Å². The maximum Gasteiger partial charge on any atom is 0.107 e. The van der Waals surface area contributed by atoms with E-state index < -0.39 is 0 Å². The molecule has 2 unspecified atom stereocenters. The van der Waals surface area contributed by atoms with Crippen LogP contribution in [0.4, 0.5) is 0 Å². The Morgan fingerprint density at radius 2 is 2.10 bits per heavy atom. The third kappa shape index (κ3) is 2.71. The van der Waals surface area contributed by atoms with E-state index in [1.54, 1.807) is 0 Å². The van der Waals surface area contributed by atoms with Gasteiger partial charge in [0.1, 0.15) is 5.82 Å². The Balaban J connectivity index is 2.06. The summed E-state index contributed by atoms with van der Waals surface area (Å²) in [6, 6.07) is 9.58. The molecular weight excluding hydrogens is 258 g/mol. The fourth-order valence-electron chi connectivity index (χ4n) is 3.90. The number of likely N-dealkylation sites (N-methyl/N-ethyl adjacent to an activating group) is 1. The average molecular weight is 285 g/mol. The van der Waals surface area contributed by atoms with Crippen LogP contribution < -0.4 is 5.32 Å². The Labute approximate surface area is 127 Å². The third-order valence-corrected chi connectivity index (χ3v) is 4.93. The maximum atomic E-state index is 4.77. The van der Waals surface area contributed by atoms with E-state index in [0.29, 0.717) is 17.5 Å². The summed E-state index contributed by atoms with van der Waals surface area (Å²) in [4.78, 5) is 4.77. The molecule has 0 bridgehead atoms. The Morgan fingerprint density at radius 3 is 2.86 bits per heavy atom. The second-order valence-electron chi connectivity index (χ2n) is 7.16. The zero-order valence-corrected chi connectivity index (χ0v) is 13.7. The summed E-state index contributed by atoms with van der Waals surface area (Å²) in [6.45, 7) is 10.2. The van der Waals surface area contributed by atoms with Gasteiger partial charge in [0.15, 0.2) is 0 Å². The van der Waals surface area contributed by atoms with E-state index in [-0.39, 0.29) is 0 Å². The van der Waals surface area contributed by atoms with Crippen molar-refractivity contribution in [3.8, 4) is 0 Å². The van der Waals surface area contributed by atoms with Crippen LogP contribution in [0.1, 0.15) is 51.9 Å². The number of rotatable bonds is 3. The van der Waals surface area contributed by atoms with Gasteiger partial charge in [-0.25, -0.2) is 4.98 Å². The molecule has 1 aliphatic carbocycles. The summed E-state index contributed by atoms with van der Waals surface area (Å²) >= 11 is 0. The second kappa shape index (κ2) is 5.45. The molecule has 3 rings (SSSR count). The van der Waals surface area contributed by atoms with Gasteiger partial charge in [0.25, 0.3) is 0 Å². The standard InChI is InChI=1S/C18H27N3/c1-5-19-14-10-11-18(3,4)12-17(14)21-13(2)20-15-8-6-7-9-16(15)21/h6-9,14,17,19H,5,10-12H2,1-4H3. The van der Waals surface area contributed by atoms with E-state index in [9.17, 15) is 0 Å². The van der Waals surface area contributed by atoms with Crippen molar-refractivity contribution in [2.75, 3.05) is 6.54 Å². The van der Waals surface area contributed by atoms with Gasteiger partial charge in [0.2, 0.25) is 0 Å². The highest BCUT2D eigenvalue weighted by Gasteiger charge is 2.36. The number of aromatic nitrogens is 2. The lowest BCUT2D eigenvalue weighted by molar-refractivity contribution is 0.144. The van der Waals surface area contributed by atoms with Gasteiger partial charge in [-0.3, -0.25) is 0 Å². The highest BCUT2D eigenvalue weighted by molar-refractivity contribution is 5.76. The first-order chi connectivity index (χ1) is 10.0. The first-order valence-electron chi connectivity index (χ1n) is 8.19. The van der Waals surface area contributed by atoms with Crippen molar-refractivity contribution in [3.63, 3.8) is 0 Å². The molecule has 0 spiro atoms. The molecular formula is C18H27N3. The average Bonchev–Trinajstić information content (AvgIpc) is 2.76. The maximum absolute atomic E-state index is 4.77. The minimum absolute atomic E-state index is 0.411. The van der Waals surface area contributed by atoms with Gasteiger partial charge in [-0.1, -0.05) is 32.9 Å². The number of imidazole rings is 1. The Hall–Kier alpha value is -1.35. The minimum Gasteiger partial charge on any atom is -0.323 e. The van der Waals surface area contributed by atoms with Gasteiger partial charge >= 0.3 is 0 Å². The first-order valence-corrected chi connectivity index (χ1v) is 8.19. The van der Waals surface area contributed by atoms with E-state index in [4.69, 9.17) is 4.98 Å². The largest absolute Gasteiger partial charge is 0.323 e. The van der Waals surface area contributed by atoms with Crippen LogP contribution in [-0.2, 0) is 0 Å². The van der Waals surface area contributed by atoms with Crippen LogP contribution in [0.5, 0.6) is 0 Å². The second-order valence-corrected chi connectivity index (χ2v) is 7.16. The Morgan fingerprint density at radius 1 is 1.33 bits per heavy atom. The fraction of sp³-hybridized carbons (Fsp3) is 0.611. The van der Waals surface area contributed by atoms with Crippen LogP contribution in [-0.4, -0.2) is 22.1 Å². The topological polar surface area (TPSA) is 29.9 Å². The van der Waals surface area contributed by atoms with Crippen molar-refractivity contribution in [2.24, 2.45) is 5.41 Å². The molecule has 114 valence electrons. The lowest BCUT2D eigenvalue weighted by atomic mass is 9.72. The van der Waals surface area contributed by atoms with E-state index in [1.807, 2.05) is 0 Å². The number of hydrogen-bond acceptors (Lipinski definition) is 2. The molecule has 1 saturated carbocycles. The lowest BCUT2D eigenvalue weighted by Gasteiger charge is -2.42. The summed E-state index contributed by atoms with van der Waals surface area (Å²) in [5.74, 6) is 1.14. The lowest BCUT2D eigenvalue weighted by Crippen LogP contribution is -2.44. The molecule has 1 aromatic heterocycles. The van der Waals surface area contributed by atoms with Crippen molar-refractivity contribution in [3.05, 3.63) is 30.1 Å². The monoisotopic (exact) mass is 285 g/mol. The molecule has 0 saturated heterocycles. The van der Waals surface area contributed by atoms with Crippen molar-refractivity contribution < 1.29 is 0 Å². The summed E-state index contributed by atoms with van der Waals surface area (Å²) < 4.78 is 2.48. The molecule has 2 aromatic rings. The summed E-state index contributed by atoms with van der Waals surface area (Å²) in [5.41, 5.74) is 2.81. The molecule has 3 nitrogen and oxygen atoms in total. The van der Waals surface area contributed by atoms with Gasteiger partial charge in [0.05, 0.1) is 17.1 Å². The van der Waals surface area contributed by atoms with Gasteiger partial charge in [-0.2, -0.15) is 0 Å². The number of benzene rings is 1. The highest BCUT2D eigenvalue weighted by Crippen LogP contribution is 2.42. The molecule has 1 N–H and O–H groups in total. The summed E-state index contributed by atoms with van der Waals surface area (Å²) in [5, 5.41) is 3.70. The van der Waals surface area contributed by atoms with Gasteiger partial charge in [-0.15, -0.1) is 0 Å². The fourth-order valence-corrected chi connectivity index (χ4v) is 3.90. The Bertz CT molecular complexity index is 626. The van der Waals surface area contributed by atoms with Crippen molar-refractivity contribution in [1.82, 2.24) is 14.9 Å². The molecule has 2 atom stereocenters. The van der Waals surface area contributed by atoms with Crippen LogP contribution in [0.2, 0.25) is 0 Å². The minimum atomic E-state index is 0.411. The van der Waals surface area contributed by atoms with E-state index in [0.717, 1.165) is 17.9 Å². The Kier molecular flexibility index (Phi) is 3.78. The predicted octanol–water partition coefficient (Wildman–Crippen LogP) is 4.07. The normalized spacial score (nSPS) is 25.3. The van der Waals surface area contributed by atoms with E-state index in [2.05, 4.69) is 61.8 Å². The van der Waals surface area contributed by atoms with Gasteiger partial charge in [-0.05, 0) is 50.3 Å². The molecule has 3 heteroatoms. The molecule has 0 aliphatic heterocycles. The predicted molar refractivity (Wildman–Crippen MR) is 88.6 cm³/mol. The van der Waals surface area contributed by atoms with Crippen LogP contribution in [0.3, 0.4) is 0 Å². The third-order valence-electron chi connectivity index (χ3n) is 4.93. The quantitative estimate of drug-likeness (QED) is 0.921. The van der Waals surface area contributed by atoms with Gasteiger partial charge < -0.3 is 9.88 Å². The summed E-state index contributed by atoms with van der Waals surface area (Å²) in [7, 11) is 0. The smallest absolute Gasteiger partial charge is 0.107 e. The summed E-state index contributed by atoms with van der Waals surface area (Å²) in [6.07, 6.45) is 3.76. The van der Waals surface area contributed by atoms with Crippen LogP contribution in [0.25, 0.3) is 11.0 Å². The van der Waals surface area contributed by atoms with E-state index >= 15 is 0 Å². The molecule has 21 heavy (non-hydrogen) atoms. The van der Waals surface area contributed by atoms with E-state index in [1.165, 1.54) is 24.8 Å². The SMILES string of the molecule is CCNC1CCC(C)(C)CC1n1c(C)nc2ccccc21. The van der Waals surface area contributed by atoms with Crippen LogP contribution >= 0.6 is 0 Å². The number of nitrogens with one attached hydrogen (secondary N) is 1. The highest BCUT2D eigenvalue weighted by atomic mass is 15.1. The molecule has 1 aliphatic rings. The van der Waals surface area contributed by atoms with Crippen LogP contribution in [0.15, 0.2) is 24.3 Å². The zero-order valence-electron chi connectivity index (χ0n) is 13.7. The molecule has 0 radical (unpaired) electrons. The van der Waals surface area contributed by atoms with Crippen molar-refractivity contribution >= 4 is 11.0 Å². The number of para-hydroxylation sites is 2. The van der Waals surface area contributed by atoms with Gasteiger partial charge in [0, 0.05) is 6.04 Å². The molecule has 1 fully saturated rings. The number of fused-ring (bicyclic) bond motifs is 1. The van der Waals surface area contributed by atoms with Crippen molar-refractivity contribution in [1.29, 1.82) is 0 Å². The molecule has 1 aromatic carbocycles. The molecule has 1 heterocycles. The number of nitrogens with zero attached hydrogens (tertiary/aromatic N) is 2. The molecule has 0 amide bonds. The number of hydrogen-bond donors (Lipinski definition) is 1. The zero-order chi connectivity index (χ0) is 15.0. The first kappa shape index (κ1) is 14.6. The number of aryl methyl sites for hydroxylation is 1.